The van der Waals surface area contributed by atoms with E-state index in [1.165, 1.54) is 0 Å². The van der Waals surface area contributed by atoms with Crippen LogP contribution in [0.1, 0.15) is 37.5 Å². The van der Waals surface area contributed by atoms with Crippen molar-refractivity contribution in [2.24, 2.45) is 17.8 Å². The summed E-state index contributed by atoms with van der Waals surface area (Å²) in [6.45, 7) is 3.14. The Bertz CT molecular complexity index is 547. The zero-order valence-corrected chi connectivity index (χ0v) is 12.9. The lowest BCUT2D eigenvalue weighted by atomic mass is 9.58. The van der Waals surface area contributed by atoms with E-state index in [-0.39, 0.29) is 17.7 Å². The van der Waals surface area contributed by atoms with Gasteiger partial charge in [-0.3, -0.25) is 0 Å². The first-order valence-electron chi connectivity index (χ1n) is 8.40. The number of rotatable bonds is 2. The van der Waals surface area contributed by atoms with Crippen molar-refractivity contribution < 1.29 is 17.7 Å². The first kappa shape index (κ1) is 15.2. The third-order valence-electron chi connectivity index (χ3n) is 5.71. The lowest BCUT2D eigenvalue weighted by Gasteiger charge is -2.47. The fourth-order valence-electron chi connectivity index (χ4n) is 4.63. The monoisotopic (exact) mass is 330 g/mol. The molecule has 0 spiro atoms. The van der Waals surface area contributed by atoms with E-state index in [9.17, 15) is 13.2 Å². The van der Waals surface area contributed by atoms with Crippen molar-refractivity contribution in [3.05, 3.63) is 5.89 Å². The van der Waals surface area contributed by atoms with E-state index in [4.69, 9.17) is 4.52 Å². The van der Waals surface area contributed by atoms with Crippen LogP contribution in [0.5, 0.6) is 0 Å². The molecule has 0 radical (unpaired) electrons. The van der Waals surface area contributed by atoms with Gasteiger partial charge >= 0.3 is 6.18 Å². The predicted octanol–water partition coefficient (Wildman–Crippen LogP) is 2.56. The molecule has 5 rings (SSSR count). The lowest BCUT2D eigenvalue weighted by molar-refractivity contribution is -0.219. The normalized spacial score (nSPS) is 34.8. The number of nitrogens with one attached hydrogen (secondary N) is 1. The topological polar surface area (TPSA) is 54.2 Å². The molecule has 5 nitrogen and oxygen atoms in total. The largest absolute Gasteiger partial charge is 0.392 e. The van der Waals surface area contributed by atoms with E-state index in [1.54, 1.807) is 0 Å². The second-order valence-corrected chi connectivity index (χ2v) is 6.94. The van der Waals surface area contributed by atoms with Crippen molar-refractivity contribution >= 4 is 5.95 Å². The predicted molar refractivity (Wildman–Crippen MR) is 77.1 cm³/mol. The molecule has 3 saturated carbocycles. The fourth-order valence-corrected chi connectivity index (χ4v) is 4.63. The third kappa shape index (κ3) is 2.70. The maximum absolute atomic E-state index is 13.6. The molecule has 23 heavy (non-hydrogen) atoms. The van der Waals surface area contributed by atoms with Crippen molar-refractivity contribution in [1.82, 2.24) is 15.5 Å². The van der Waals surface area contributed by atoms with E-state index in [2.05, 4.69) is 15.5 Å². The highest BCUT2D eigenvalue weighted by Gasteiger charge is 2.57. The van der Waals surface area contributed by atoms with Crippen LogP contribution in [0.3, 0.4) is 0 Å². The van der Waals surface area contributed by atoms with Gasteiger partial charge in [0.25, 0.3) is 5.95 Å². The van der Waals surface area contributed by atoms with E-state index in [0.717, 1.165) is 39.0 Å². The van der Waals surface area contributed by atoms with Crippen LogP contribution in [0, 0.1) is 17.8 Å². The van der Waals surface area contributed by atoms with Crippen LogP contribution in [0.4, 0.5) is 19.1 Å². The van der Waals surface area contributed by atoms with E-state index in [0.29, 0.717) is 18.8 Å². The zero-order valence-electron chi connectivity index (χ0n) is 12.9. The summed E-state index contributed by atoms with van der Waals surface area (Å²) in [5, 5.41) is 7.19. The van der Waals surface area contributed by atoms with Gasteiger partial charge < -0.3 is 14.7 Å². The van der Waals surface area contributed by atoms with Crippen LogP contribution in [0.15, 0.2) is 4.52 Å². The highest BCUT2D eigenvalue weighted by molar-refractivity contribution is 5.29. The Hall–Kier alpha value is -1.31. The first-order valence-corrected chi connectivity index (χ1v) is 8.40. The van der Waals surface area contributed by atoms with Crippen LogP contribution < -0.4 is 10.2 Å². The molecule has 2 atom stereocenters. The average Bonchev–Trinajstić information content (AvgIpc) is 3.05. The maximum atomic E-state index is 13.6. The summed E-state index contributed by atoms with van der Waals surface area (Å²) in [6, 6.07) is 0. The van der Waals surface area contributed by atoms with Gasteiger partial charge in [-0.1, -0.05) is 0 Å². The molecule has 1 aromatic heterocycles. The Morgan fingerprint density at radius 2 is 1.70 bits per heavy atom. The molecule has 0 aromatic carbocycles. The lowest BCUT2D eigenvalue weighted by Crippen LogP contribution is -2.46. The molecule has 1 N–H and O–H groups in total. The van der Waals surface area contributed by atoms with Crippen LogP contribution in [-0.2, 0) is 0 Å². The van der Waals surface area contributed by atoms with E-state index < -0.39 is 18.0 Å². The first-order chi connectivity index (χ1) is 11.0. The molecule has 1 aliphatic heterocycles. The standard InChI is InChI=1S/C15H21F3N4O/c16-15(17,18)12-10-3-1-9(2-4-10)11(12)13-20-14(21-23-13)22-7-5-19-6-8-22/h9-12,19H,1-8H2/t9?,10?,11-,12-/m0/s1. The number of alkyl halides is 3. The van der Waals surface area contributed by atoms with E-state index in [1.807, 2.05) is 4.90 Å². The minimum Gasteiger partial charge on any atom is -0.337 e. The minimum absolute atomic E-state index is 0.0166. The van der Waals surface area contributed by atoms with Gasteiger partial charge in [0.2, 0.25) is 5.89 Å². The molecule has 2 bridgehead atoms. The maximum Gasteiger partial charge on any atom is 0.392 e. The second kappa shape index (κ2) is 5.65. The van der Waals surface area contributed by atoms with Crippen molar-refractivity contribution in [2.45, 2.75) is 37.8 Å². The average molecular weight is 330 g/mol. The van der Waals surface area contributed by atoms with Crippen LogP contribution >= 0.6 is 0 Å². The Kier molecular flexibility index (Phi) is 3.74. The fraction of sp³-hybridized carbons (Fsp3) is 0.867. The molecule has 8 heteroatoms. The molecule has 1 saturated heterocycles. The molecule has 3 aliphatic carbocycles. The molecule has 0 amide bonds. The SMILES string of the molecule is FC(F)(F)[C@H]1C2CCC(CC2)[C@@H]1c1nc(N2CCNCC2)no1. The van der Waals surface area contributed by atoms with E-state index >= 15 is 0 Å². The Labute approximate surface area is 132 Å². The van der Waals surface area contributed by atoms with Gasteiger partial charge in [-0.25, -0.2) is 0 Å². The van der Waals surface area contributed by atoms with Gasteiger partial charge in [0.15, 0.2) is 0 Å². The molecule has 128 valence electrons. The van der Waals surface area contributed by atoms with Crippen LogP contribution in [-0.4, -0.2) is 42.5 Å². The van der Waals surface area contributed by atoms with Crippen molar-refractivity contribution in [3.63, 3.8) is 0 Å². The molecule has 1 aromatic rings. The highest BCUT2D eigenvalue weighted by atomic mass is 19.4. The summed E-state index contributed by atoms with van der Waals surface area (Å²) in [4.78, 5) is 6.33. The highest BCUT2D eigenvalue weighted by Crippen LogP contribution is 2.58. The van der Waals surface area contributed by atoms with Gasteiger partial charge in [0.05, 0.1) is 11.8 Å². The number of hydrogen-bond acceptors (Lipinski definition) is 5. The third-order valence-corrected chi connectivity index (χ3v) is 5.71. The van der Waals surface area contributed by atoms with Crippen LogP contribution in [0.25, 0.3) is 0 Å². The van der Waals surface area contributed by atoms with Crippen molar-refractivity contribution in [1.29, 1.82) is 0 Å². The van der Waals surface area contributed by atoms with Gasteiger partial charge in [0, 0.05) is 26.2 Å². The van der Waals surface area contributed by atoms with Crippen LogP contribution in [0.2, 0.25) is 0 Å². The quantitative estimate of drug-likeness (QED) is 0.903. The summed E-state index contributed by atoms with van der Waals surface area (Å²) in [5.41, 5.74) is 0. The Balaban J connectivity index is 1.61. The van der Waals surface area contributed by atoms with Crippen molar-refractivity contribution in [3.8, 4) is 0 Å². The van der Waals surface area contributed by atoms with Gasteiger partial charge in [-0.2, -0.15) is 18.2 Å². The van der Waals surface area contributed by atoms with Gasteiger partial charge in [0.1, 0.15) is 0 Å². The zero-order chi connectivity index (χ0) is 16.0. The summed E-state index contributed by atoms with van der Waals surface area (Å²) in [5.74, 6) is -1.64. The summed E-state index contributed by atoms with van der Waals surface area (Å²) in [7, 11) is 0. The second-order valence-electron chi connectivity index (χ2n) is 6.94. The van der Waals surface area contributed by atoms with Crippen molar-refractivity contribution in [2.75, 3.05) is 31.1 Å². The minimum atomic E-state index is -4.20. The number of nitrogens with zero attached hydrogens (tertiary/aromatic N) is 3. The number of fused-ring (bicyclic) bond motifs is 3. The Morgan fingerprint density at radius 1 is 1.04 bits per heavy atom. The van der Waals surface area contributed by atoms with Gasteiger partial charge in [-0.05, 0) is 42.7 Å². The van der Waals surface area contributed by atoms with Gasteiger partial charge in [-0.15, -0.1) is 0 Å². The molecule has 2 heterocycles. The Morgan fingerprint density at radius 3 is 2.35 bits per heavy atom. The smallest absolute Gasteiger partial charge is 0.337 e. The summed E-state index contributed by atoms with van der Waals surface area (Å²) < 4.78 is 46.1. The number of piperazine rings is 1. The number of anilines is 1. The number of hydrogen-bond donors (Lipinski definition) is 1. The number of aromatic nitrogens is 2. The molecular formula is C15H21F3N4O. The summed E-state index contributed by atoms with van der Waals surface area (Å²) >= 11 is 0. The number of halogens is 3. The molecule has 4 aliphatic rings. The molecule has 0 unspecified atom stereocenters. The molecule has 4 fully saturated rings. The molecular weight excluding hydrogens is 309 g/mol. The summed E-state index contributed by atoms with van der Waals surface area (Å²) in [6.07, 6.45) is -1.17.